The lowest BCUT2D eigenvalue weighted by molar-refractivity contribution is -0.135. The summed E-state index contributed by atoms with van der Waals surface area (Å²) < 4.78 is 11.6. The topological polar surface area (TPSA) is 50.8 Å². The fraction of sp³-hybridized carbons (Fsp3) is 0.435. The maximum atomic E-state index is 12.1. The van der Waals surface area contributed by atoms with E-state index in [4.69, 9.17) is 9.47 Å². The number of fused-ring (bicyclic) bond motifs is 1. The maximum Gasteiger partial charge on any atom is 0.262 e. The van der Waals surface area contributed by atoms with Gasteiger partial charge in [-0.05, 0) is 55.5 Å². The minimum Gasteiger partial charge on any atom is -0.490 e. The molecule has 0 aliphatic heterocycles. The largest absolute Gasteiger partial charge is 0.490 e. The van der Waals surface area contributed by atoms with Crippen molar-refractivity contribution in [1.82, 2.24) is 10.2 Å². The molecule has 5 nitrogen and oxygen atoms in total. The summed E-state index contributed by atoms with van der Waals surface area (Å²) in [4.78, 5) is 13.6. The van der Waals surface area contributed by atoms with Gasteiger partial charge in [0.1, 0.15) is 0 Å². The molecule has 1 amide bonds. The molecule has 5 heteroatoms. The lowest BCUT2D eigenvalue weighted by Gasteiger charge is -2.20. The predicted molar refractivity (Wildman–Crippen MR) is 111 cm³/mol. The van der Waals surface area contributed by atoms with Crippen molar-refractivity contribution in [2.45, 2.75) is 45.4 Å². The number of benzene rings is 2. The lowest BCUT2D eigenvalue weighted by atomic mass is 10.1. The second-order valence-electron chi connectivity index (χ2n) is 7.38. The maximum absolute atomic E-state index is 12.1. The van der Waals surface area contributed by atoms with Crippen molar-refractivity contribution in [3.63, 3.8) is 0 Å². The molecular weight excluding hydrogens is 352 g/mol. The molecule has 2 aromatic carbocycles. The van der Waals surface area contributed by atoms with Gasteiger partial charge in [-0.15, -0.1) is 0 Å². The number of nitrogens with one attached hydrogen (secondary N) is 1. The van der Waals surface area contributed by atoms with Crippen molar-refractivity contribution in [3.05, 3.63) is 59.2 Å². The summed E-state index contributed by atoms with van der Waals surface area (Å²) >= 11 is 0. The zero-order valence-corrected chi connectivity index (χ0v) is 17.2. The van der Waals surface area contributed by atoms with Crippen LogP contribution >= 0.6 is 0 Å². The van der Waals surface area contributed by atoms with E-state index in [9.17, 15) is 4.79 Å². The molecular formula is C23H30N2O3. The average Bonchev–Trinajstić information content (AvgIpc) is 3.10. The lowest BCUT2D eigenvalue weighted by Crippen LogP contribution is -2.35. The molecule has 0 aromatic heterocycles. The average molecular weight is 383 g/mol. The van der Waals surface area contributed by atoms with Crippen LogP contribution in [0, 0.1) is 0 Å². The Morgan fingerprint density at radius 1 is 1.21 bits per heavy atom. The molecule has 28 heavy (non-hydrogen) atoms. The number of ether oxygens (including phenoxy) is 2. The zero-order chi connectivity index (χ0) is 20.1. The van der Waals surface area contributed by atoms with E-state index in [1.807, 2.05) is 25.1 Å². The van der Waals surface area contributed by atoms with Gasteiger partial charge >= 0.3 is 0 Å². The van der Waals surface area contributed by atoms with Crippen LogP contribution in [-0.2, 0) is 17.8 Å². The van der Waals surface area contributed by atoms with Gasteiger partial charge in [-0.1, -0.05) is 30.3 Å². The molecule has 3 rings (SSSR count). The first-order valence-corrected chi connectivity index (χ1v) is 9.94. The van der Waals surface area contributed by atoms with E-state index in [-0.39, 0.29) is 5.91 Å². The second kappa shape index (κ2) is 9.11. The van der Waals surface area contributed by atoms with E-state index in [0.717, 1.165) is 24.9 Å². The van der Waals surface area contributed by atoms with Crippen molar-refractivity contribution < 1.29 is 14.3 Å². The van der Waals surface area contributed by atoms with Crippen LogP contribution in [0.5, 0.6) is 11.5 Å². The van der Waals surface area contributed by atoms with Crippen LogP contribution in [0.25, 0.3) is 0 Å². The molecule has 0 fully saturated rings. The number of hydrogen-bond acceptors (Lipinski definition) is 4. The second-order valence-corrected chi connectivity index (χ2v) is 7.38. The Morgan fingerprint density at radius 3 is 2.75 bits per heavy atom. The number of nitrogens with zero attached hydrogens (tertiary/aromatic N) is 1. The molecule has 1 aliphatic rings. The highest BCUT2D eigenvalue weighted by Crippen LogP contribution is 2.32. The van der Waals surface area contributed by atoms with Gasteiger partial charge in [0, 0.05) is 26.7 Å². The third-order valence-corrected chi connectivity index (χ3v) is 5.09. The van der Waals surface area contributed by atoms with Crippen LogP contribution in [-0.4, -0.2) is 37.6 Å². The highest BCUT2D eigenvalue weighted by Gasteiger charge is 2.22. The minimum absolute atomic E-state index is 0.0758. The fourth-order valence-electron chi connectivity index (χ4n) is 3.64. The normalized spacial score (nSPS) is 16.4. The predicted octanol–water partition coefficient (Wildman–Crippen LogP) is 3.72. The van der Waals surface area contributed by atoms with Gasteiger partial charge in [-0.3, -0.25) is 4.79 Å². The summed E-state index contributed by atoms with van der Waals surface area (Å²) in [7, 11) is 3.45. The molecule has 1 aliphatic carbocycles. The number of hydrogen-bond donors (Lipinski definition) is 1. The van der Waals surface area contributed by atoms with Gasteiger partial charge < -0.3 is 19.7 Å². The minimum atomic E-state index is -0.562. The summed E-state index contributed by atoms with van der Waals surface area (Å²) in [6.07, 6.45) is 1.69. The molecule has 0 radical (unpaired) electrons. The van der Waals surface area contributed by atoms with E-state index in [2.05, 4.69) is 29.6 Å². The summed E-state index contributed by atoms with van der Waals surface area (Å²) in [5.41, 5.74) is 3.98. The molecule has 0 bridgehead atoms. The van der Waals surface area contributed by atoms with Crippen molar-refractivity contribution in [2.24, 2.45) is 0 Å². The summed E-state index contributed by atoms with van der Waals surface area (Å²) in [5, 5.41) is 3.66. The number of aryl methyl sites for hydroxylation is 1. The molecule has 150 valence electrons. The van der Waals surface area contributed by atoms with E-state index in [1.165, 1.54) is 16.0 Å². The Kier molecular flexibility index (Phi) is 6.57. The monoisotopic (exact) mass is 382 g/mol. The molecule has 0 saturated carbocycles. The van der Waals surface area contributed by atoms with Gasteiger partial charge in [-0.25, -0.2) is 0 Å². The van der Waals surface area contributed by atoms with Crippen LogP contribution < -0.4 is 14.8 Å². The molecule has 0 spiro atoms. The Morgan fingerprint density at radius 2 is 2.00 bits per heavy atom. The summed E-state index contributed by atoms with van der Waals surface area (Å²) in [5.74, 6) is 1.19. The Hall–Kier alpha value is -2.53. The number of amides is 1. The van der Waals surface area contributed by atoms with Crippen molar-refractivity contribution >= 4 is 5.91 Å². The highest BCUT2D eigenvalue weighted by molar-refractivity contribution is 5.80. The van der Waals surface area contributed by atoms with Gasteiger partial charge in [0.15, 0.2) is 17.6 Å². The van der Waals surface area contributed by atoms with Crippen molar-refractivity contribution in [1.29, 1.82) is 0 Å². The first-order chi connectivity index (χ1) is 13.5. The Balaban J connectivity index is 1.68. The smallest absolute Gasteiger partial charge is 0.262 e. The third-order valence-electron chi connectivity index (χ3n) is 5.09. The standard InChI is InChI=1S/C23H30N2O3/c1-5-27-22-14-17(10-13-21(22)28-16(2)23(26)25(3)4)15-24-20-12-11-18-8-6-7-9-19(18)20/h6-10,13-14,16,20,24H,5,11-12,15H2,1-4H3. The molecule has 2 aromatic rings. The van der Waals surface area contributed by atoms with Crippen molar-refractivity contribution in [2.75, 3.05) is 20.7 Å². The van der Waals surface area contributed by atoms with Gasteiger partial charge in [0.25, 0.3) is 5.91 Å². The van der Waals surface area contributed by atoms with E-state index < -0.39 is 6.10 Å². The first kappa shape index (κ1) is 20.2. The SMILES string of the molecule is CCOc1cc(CNC2CCc3ccccc32)ccc1OC(C)C(=O)N(C)C. The zero-order valence-electron chi connectivity index (χ0n) is 17.2. The number of carbonyl (C=O) groups is 1. The molecule has 1 N–H and O–H groups in total. The van der Waals surface area contributed by atoms with E-state index in [1.54, 1.807) is 21.0 Å². The highest BCUT2D eigenvalue weighted by atomic mass is 16.5. The van der Waals surface area contributed by atoms with E-state index in [0.29, 0.717) is 24.1 Å². The van der Waals surface area contributed by atoms with Gasteiger partial charge in [0.05, 0.1) is 6.61 Å². The number of likely N-dealkylation sites (N-methyl/N-ethyl adjacent to an activating group) is 1. The molecule has 0 heterocycles. The van der Waals surface area contributed by atoms with Crippen LogP contribution in [0.2, 0.25) is 0 Å². The van der Waals surface area contributed by atoms with Crippen LogP contribution in [0.3, 0.4) is 0 Å². The molecule has 0 saturated heterocycles. The fourth-order valence-corrected chi connectivity index (χ4v) is 3.64. The first-order valence-electron chi connectivity index (χ1n) is 9.94. The molecule has 2 atom stereocenters. The number of carbonyl (C=O) groups excluding carboxylic acids is 1. The van der Waals surface area contributed by atoms with Crippen LogP contribution in [0.4, 0.5) is 0 Å². The van der Waals surface area contributed by atoms with Gasteiger partial charge in [0.2, 0.25) is 0 Å². The summed E-state index contributed by atoms with van der Waals surface area (Å²) in [6.45, 7) is 4.99. The van der Waals surface area contributed by atoms with E-state index >= 15 is 0 Å². The van der Waals surface area contributed by atoms with Crippen LogP contribution in [0.1, 0.15) is 43.0 Å². The summed E-state index contributed by atoms with van der Waals surface area (Å²) in [6, 6.07) is 14.9. The van der Waals surface area contributed by atoms with Crippen LogP contribution in [0.15, 0.2) is 42.5 Å². The Bertz CT molecular complexity index is 819. The third kappa shape index (κ3) is 4.65. The molecule has 2 unspecified atom stereocenters. The number of rotatable bonds is 8. The quantitative estimate of drug-likeness (QED) is 0.756. The van der Waals surface area contributed by atoms with Gasteiger partial charge in [-0.2, -0.15) is 0 Å². The Labute approximate surface area is 167 Å². The van der Waals surface area contributed by atoms with Crippen molar-refractivity contribution in [3.8, 4) is 11.5 Å².